The predicted octanol–water partition coefficient (Wildman–Crippen LogP) is 3.34. The Kier molecular flexibility index (Phi) is 5.60. The van der Waals surface area contributed by atoms with E-state index >= 15 is 0 Å². The van der Waals surface area contributed by atoms with Gasteiger partial charge in [-0.3, -0.25) is 4.79 Å². The lowest BCUT2D eigenvalue weighted by atomic mass is 10.2. The minimum Gasteiger partial charge on any atom is -0.466 e. The summed E-state index contributed by atoms with van der Waals surface area (Å²) in [5.41, 5.74) is 0.0600. The highest BCUT2D eigenvalue weighted by molar-refractivity contribution is 6.93. The Balaban J connectivity index is 3.00. The fraction of sp³-hybridized carbons (Fsp3) is 0.533. The van der Waals surface area contributed by atoms with E-state index in [9.17, 15) is 4.79 Å². The Hall–Kier alpha value is -1.09. The van der Waals surface area contributed by atoms with E-state index in [0.29, 0.717) is 6.61 Å². The van der Waals surface area contributed by atoms with E-state index in [0.717, 1.165) is 12.8 Å². The Bertz CT molecular complexity index is 373. The molecule has 1 unspecified atom stereocenters. The van der Waals surface area contributed by atoms with E-state index < -0.39 is 8.07 Å². The number of hydrogen-bond donors (Lipinski definition) is 0. The van der Waals surface area contributed by atoms with E-state index in [1.165, 1.54) is 5.19 Å². The van der Waals surface area contributed by atoms with Crippen LogP contribution in [0.5, 0.6) is 0 Å². The number of carbonyl (C=O) groups excluding carboxylic acids is 1. The van der Waals surface area contributed by atoms with Crippen molar-refractivity contribution in [1.29, 1.82) is 0 Å². The second kappa shape index (κ2) is 6.74. The second-order valence-electron chi connectivity index (χ2n) is 5.18. The third-order valence-corrected chi connectivity index (χ3v) is 7.63. The molecule has 0 aliphatic rings. The van der Waals surface area contributed by atoms with Gasteiger partial charge in [0.05, 0.1) is 20.2 Å². The lowest BCUT2D eigenvalue weighted by Crippen LogP contribution is -2.49. The Morgan fingerprint density at radius 2 is 1.83 bits per heavy atom. The first-order chi connectivity index (χ1) is 8.54. The van der Waals surface area contributed by atoms with Crippen LogP contribution in [0, 0.1) is 0 Å². The Morgan fingerprint density at radius 3 is 2.33 bits per heavy atom. The molecule has 0 saturated carbocycles. The van der Waals surface area contributed by atoms with Crippen molar-refractivity contribution < 1.29 is 9.53 Å². The first-order valence-corrected chi connectivity index (χ1v) is 9.83. The summed E-state index contributed by atoms with van der Waals surface area (Å²) in [5, 5.41) is 1.33. The van der Waals surface area contributed by atoms with E-state index in [2.05, 4.69) is 44.3 Å². The van der Waals surface area contributed by atoms with Crippen molar-refractivity contribution in [2.45, 2.75) is 45.3 Å². The molecule has 0 bridgehead atoms. The summed E-state index contributed by atoms with van der Waals surface area (Å²) in [7, 11) is -1.80. The maximum Gasteiger partial charge on any atom is 0.306 e. The van der Waals surface area contributed by atoms with Gasteiger partial charge in [-0.15, -0.1) is 0 Å². The normalized spacial score (nSPS) is 13.1. The fourth-order valence-corrected chi connectivity index (χ4v) is 5.51. The van der Waals surface area contributed by atoms with E-state index in [1.807, 2.05) is 13.0 Å². The van der Waals surface area contributed by atoms with Gasteiger partial charge in [0.15, 0.2) is 0 Å². The number of benzene rings is 1. The third kappa shape index (κ3) is 3.45. The van der Waals surface area contributed by atoms with Gasteiger partial charge in [-0.2, -0.15) is 0 Å². The molecule has 1 aromatic rings. The second-order valence-corrected chi connectivity index (χ2v) is 9.90. The number of ether oxygens (including phenoxy) is 1. The molecule has 1 aromatic carbocycles. The average Bonchev–Trinajstić information content (AvgIpc) is 2.37. The Labute approximate surface area is 111 Å². The van der Waals surface area contributed by atoms with Gasteiger partial charge in [-0.25, -0.2) is 0 Å². The van der Waals surface area contributed by atoms with Crippen LogP contribution in [0.1, 0.15) is 26.7 Å². The zero-order chi connectivity index (χ0) is 13.6. The number of esters is 1. The van der Waals surface area contributed by atoms with Crippen molar-refractivity contribution in [1.82, 2.24) is 0 Å². The van der Waals surface area contributed by atoms with Crippen LogP contribution in [-0.4, -0.2) is 20.7 Å². The minimum atomic E-state index is -1.80. The van der Waals surface area contributed by atoms with Gasteiger partial charge in [-0.05, 0) is 13.3 Å². The van der Waals surface area contributed by atoms with Crippen LogP contribution < -0.4 is 5.19 Å². The largest absolute Gasteiger partial charge is 0.466 e. The molecule has 1 atom stereocenters. The molecular weight excluding hydrogens is 240 g/mol. The summed E-state index contributed by atoms with van der Waals surface area (Å²) in [6.07, 6.45) is 1.94. The summed E-state index contributed by atoms with van der Waals surface area (Å²) in [5.74, 6) is -0.0140. The molecule has 0 fully saturated rings. The number of carbonyl (C=O) groups is 1. The van der Waals surface area contributed by atoms with Crippen LogP contribution in [0.4, 0.5) is 0 Å². The molecule has 3 heteroatoms. The highest BCUT2D eigenvalue weighted by atomic mass is 28.3. The van der Waals surface area contributed by atoms with Crippen LogP contribution in [-0.2, 0) is 9.53 Å². The van der Waals surface area contributed by atoms with Crippen LogP contribution in [0.2, 0.25) is 18.6 Å². The predicted molar refractivity (Wildman–Crippen MR) is 78.8 cm³/mol. The number of rotatable bonds is 6. The molecule has 0 saturated heterocycles. The van der Waals surface area contributed by atoms with Crippen LogP contribution in [0.15, 0.2) is 30.3 Å². The van der Waals surface area contributed by atoms with Crippen molar-refractivity contribution in [3.63, 3.8) is 0 Å². The standard InChI is InChI=1S/C15H24O2Si/c1-5-10-14(15(16)17-6-2)18(3,4)13-11-8-7-9-12-13/h7-9,11-12,14H,5-6,10H2,1-4H3. The van der Waals surface area contributed by atoms with Crippen molar-refractivity contribution in [3.05, 3.63) is 30.3 Å². The lowest BCUT2D eigenvalue weighted by molar-refractivity contribution is -0.143. The van der Waals surface area contributed by atoms with E-state index in [1.54, 1.807) is 0 Å². The van der Waals surface area contributed by atoms with Gasteiger partial charge in [0.1, 0.15) is 0 Å². The molecule has 100 valence electrons. The quantitative estimate of drug-likeness (QED) is 0.582. The van der Waals surface area contributed by atoms with Crippen molar-refractivity contribution in [3.8, 4) is 0 Å². The summed E-state index contributed by atoms with van der Waals surface area (Å²) < 4.78 is 5.26. The molecule has 0 amide bonds. The maximum atomic E-state index is 12.2. The molecule has 0 aliphatic heterocycles. The molecular formula is C15H24O2Si. The summed E-state index contributed by atoms with van der Waals surface area (Å²) >= 11 is 0. The zero-order valence-electron chi connectivity index (χ0n) is 11.9. The third-order valence-electron chi connectivity index (χ3n) is 3.54. The fourth-order valence-electron chi connectivity index (χ4n) is 2.37. The summed E-state index contributed by atoms with van der Waals surface area (Å²) in [6.45, 7) is 9.00. The molecule has 0 heterocycles. The SMILES string of the molecule is CCCC(C(=O)OCC)[Si](C)(C)c1ccccc1. The van der Waals surface area contributed by atoms with Gasteiger partial charge < -0.3 is 4.74 Å². The van der Waals surface area contributed by atoms with Crippen LogP contribution in [0.25, 0.3) is 0 Å². The monoisotopic (exact) mass is 264 g/mol. The number of hydrogen-bond acceptors (Lipinski definition) is 2. The van der Waals surface area contributed by atoms with Gasteiger partial charge >= 0.3 is 5.97 Å². The van der Waals surface area contributed by atoms with Crippen molar-refractivity contribution >= 4 is 19.2 Å². The van der Waals surface area contributed by atoms with Crippen LogP contribution >= 0.6 is 0 Å². The van der Waals surface area contributed by atoms with Crippen molar-refractivity contribution in [2.75, 3.05) is 6.61 Å². The Morgan fingerprint density at radius 1 is 1.22 bits per heavy atom. The minimum absolute atomic E-state index is 0.0140. The smallest absolute Gasteiger partial charge is 0.306 e. The lowest BCUT2D eigenvalue weighted by Gasteiger charge is -2.31. The first-order valence-electron chi connectivity index (χ1n) is 6.76. The molecule has 2 nitrogen and oxygen atoms in total. The zero-order valence-corrected chi connectivity index (χ0v) is 12.9. The molecule has 0 radical (unpaired) electrons. The van der Waals surface area contributed by atoms with E-state index in [4.69, 9.17) is 4.74 Å². The average molecular weight is 264 g/mol. The van der Waals surface area contributed by atoms with Gasteiger partial charge in [0.2, 0.25) is 0 Å². The maximum absolute atomic E-state index is 12.2. The molecule has 0 aliphatic carbocycles. The molecule has 1 rings (SSSR count). The highest BCUT2D eigenvalue weighted by Crippen LogP contribution is 2.28. The summed E-state index contributed by atoms with van der Waals surface area (Å²) in [4.78, 5) is 12.2. The van der Waals surface area contributed by atoms with Gasteiger partial charge in [0, 0.05) is 0 Å². The van der Waals surface area contributed by atoms with Gasteiger partial charge in [0.25, 0.3) is 0 Å². The van der Waals surface area contributed by atoms with E-state index in [-0.39, 0.29) is 11.5 Å². The summed E-state index contributed by atoms with van der Waals surface area (Å²) in [6, 6.07) is 10.4. The topological polar surface area (TPSA) is 26.3 Å². The molecule has 0 spiro atoms. The van der Waals surface area contributed by atoms with Crippen molar-refractivity contribution in [2.24, 2.45) is 0 Å². The first kappa shape index (κ1) is 15.0. The molecule has 18 heavy (non-hydrogen) atoms. The van der Waals surface area contributed by atoms with Crippen LogP contribution in [0.3, 0.4) is 0 Å². The molecule has 0 aromatic heterocycles. The highest BCUT2D eigenvalue weighted by Gasteiger charge is 2.38. The molecule has 0 N–H and O–H groups in total. The van der Waals surface area contributed by atoms with Gasteiger partial charge in [-0.1, -0.05) is 62.0 Å².